The lowest BCUT2D eigenvalue weighted by Crippen LogP contribution is -2.22. The molecule has 3 heteroatoms. The molecule has 2 saturated heterocycles. The first kappa shape index (κ1) is 11.4. The predicted molar refractivity (Wildman–Crippen MR) is 62.1 cm³/mol. The smallest absolute Gasteiger partial charge is 0.0506 e. The molecule has 2 heterocycles. The Hall–Kier alpha value is -0.120. The van der Waals surface area contributed by atoms with Gasteiger partial charge in [0, 0.05) is 19.7 Å². The number of nitrogens with one attached hydrogen (secondary N) is 1. The fourth-order valence-corrected chi connectivity index (χ4v) is 2.50. The summed E-state index contributed by atoms with van der Waals surface area (Å²) >= 11 is 0. The number of rotatable bonds is 6. The fourth-order valence-electron chi connectivity index (χ4n) is 2.50. The van der Waals surface area contributed by atoms with Gasteiger partial charge in [-0.3, -0.25) is 0 Å². The fraction of sp³-hybridized carbons (Fsp3) is 1.00. The van der Waals surface area contributed by atoms with Gasteiger partial charge in [0.15, 0.2) is 0 Å². The Bertz CT molecular complexity index is 145. The van der Waals surface area contributed by atoms with Crippen LogP contribution in [0.4, 0.5) is 0 Å². The predicted octanol–water partition coefficient (Wildman–Crippen LogP) is 1.10. The second kappa shape index (κ2) is 6.46. The van der Waals surface area contributed by atoms with Gasteiger partial charge >= 0.3 is 0 Å². The van der Waals surface area contributed by atoms with E-state index in [1.165, 1.54) is 51.9 Å². The van der Waals surface area contributed by atoms with E-state index in [0.717, 1.165) is 25.7 Å². The van der Waals surface area contributed by atoms with Crippen LogP contribution in [0.25, 0.3) is 0 Å². The van der Waals surface area contributed by atoms with Gasteiger partial charge in [0.2, 0.25) is 0 Å². The van der Waals surface area contributed by atoms with E-state index >= 15 is 0 Å². The molecule has 3 nitrogen and oxygen atoms in total. The first-order chi connectivity index (χ1) is 7.45. The third-order valence-corrected chi connectivity index (χ3v) is 3.48. The van der Waals surface area contributed by atoms with Crippen LogP contribution in [-0.2, 0) is 4.74 Å². The standard InChI is InChI=1S/C12H24N2O/c1-2-7-14(6-1)8-3-9-15-11-12-4-5-13-10-12/h12-13H,1-11H2. The summed E-state index contributed by atoms with van der Waals surface area (Å²) in [4.78, 5) is 2.56. The molecular formula is C12H24N2O. The number of nitrogens with zero attached hydrogens (tertiary/aromatic N) is 1. The van der Waals surface area contributed by atoms with Crippen molar-refractivity contribution < 1.29 is 4.74 Å². The summed E-state index contributed by atoms with van der Waals surface area (Å²) in [6.45, 7) is 8.12. The average Bonchev–Trinajstić information content (AvgIpc) is 2.88. The van der Waals surface area contributed by atoms with E-state index < -0.39 is 0 Å². The van der Waals surface area contributed by atoms with Crippen molar-refractivity contribution in [3.8, 4) is 0 Å². The van der Waals surface area contributed by atoms with Crippen molar-refractivity contribution in [2.45, 2.75) is 25.7 Å². The Morgan fingerprint density at radius 3 is 2.87 bits per heavy atom. The monoisotopic (exact) mass is 212 g/mol. The molecule has 0 aromatic rings. The molecule has 1 unspecified atom stereocenters. The molecular weight excluding hydrogens is 188 g/mol. The van der Waals surface area contributed by atoms with Gasteiger partial charge in [-0.2, -0.15) is 0 Å². The average molecular weight is 212 g/mol. The molecule has 0 aromatic carbocycles. The Morgan fingerprint density at radius 2 is 2.13 bits per heavy atom. The molecule has 0 spiro atoms. The van der Waals surface area contributed by atoms with Gasteiger partial charge in [0.25, 0.3) is 0 Å². The van der Waals surface area contributed by atoms with Crippen molar-refractivity contribution >= 4 is 0 Å². The second-order valence-electron chi connectivity index (χ2n) is 4.84. The van der Waals surface area contributed by atoms with E-state index in [2.05, 4.69) is 10.2 Å². The van der Waals surface area contributed by atoms with Crippen LogP contribution in [0.3, 0.4) is 0 Å². The van der Waals surface area contributed by atoms with Gasteiger partial charge in [-0.1, -0.05) is 0 Å². The zero-order chi connectivity index (χ0) is 10.3. The summed E-state index contributed by atoms with van der Waals surface area (Å²) in [6.07, 6.45) is 5.30. The summed E-state index contributed by atoms with van der Waals surface area (Å²) in [6, 6.07) is 0. The highest BCUT2D eigenvalue weighted by atomic mass is 16.5. The third-order valence-electron chi connectivity index (χ3n) is 3.48. The van der Waals surface area contributed by atoms with Gasteiger partial charge in [0.1, 0.15) is 0 Å². The van der Waals surface area contributed by atoms with Crippen LogP contribution in [0.15, 0.2) is 0 Å². The van der Waals surface area contributed by atoms with Crippen molar-refractivity contribution in [3.05, 3.63) is 0 Å². The second-order valence-corrected chi connectivity index (χ2v) is 4.84. The molecule has 2 rings (SSSR count). The summed E-state index contributed by atoms with van der Waals surface area (Å²) in [5.74, 6) is 0.775. The van der Waals surface area contributed by atoms with Gasteiger partial charge < -0.3 is 15.0 Å². The van der Waals surface area contributed by atoms with Crippen LogP contribution >= 0.6 is 0 Å². The van der Waals surface area contributed by atoms with Crippen LogP contribution in [0.5, 0.6) is 0 Å². The molecule has 0 radical (unpaired) electrons. The lowest BCUT2D eigenvalue weighted by molar-refractivity contribution is 0.0970. The van der Waals surface area contributed by atoms with Crippen molar-refractivity contribution in [1.82, 2.24) is 10.2 Å². The highest BCUT2D eigenvalue weighted by Gasteiger charge is 2.14. The van der Waals surface area contributed by atoms with Crippen molar-refractivity contribution in [1.29, 1.82) is 0 Å². The van der Waals surface area contributed by atoms with E-state index in [1.807, 2.05) is 0 Å². The number of likely N-dealkylation sites (tertiary alicyclic amines) is 1. The van der Waals surface area contributed by atoms with Crippen LogP contribution in [0.1, 0.15) is 25.7 Å². The molecule has 1 atom stereocenters. The minimum absolute atomic E-state index is 0.775. The Balaban J connectivity index is 1.41. The van der Waals surface area contributed by atoms with Crippen LogP contribution in [0, 0.1) is 5.92 Å². The Kier molecular flexibility index (Phi) is 4.90. The highest BCUT2D eigenvalue weighted by Crippen LogP contribution is 2.09. The minimum Gasteiger partial charge on any atom is -0.381 e. The zero-order valence-corrected chi connectivity index (χ0v) is 9.71. The minimum atomic E-state index is 0.775. The maximum atomic E-state index is 5.71. The Morgan fingerprint density at radius 1 is 1.27 bits per heavy atom. The molecule has 88 valence electrons. The topological polar surface area (TPSA) is 24.5 Å². The molecule has 2 aliphatic heterocycles. The van der Waals surface area contributed by atoms with Crippen molar-refractivity contribution in [2.75, 3.05) is 45.9 Å². The largest absolute Gasteiger partial charge is 0.381 e. The first-order valence-corrected chi connectivity index (χ1v) is 6.46. The van der Waals surface area contributed by atoms with Crippen molar-refractivity contribution in [2.24, 2.45) is 5.92 Å². The Labute approximate surface area is 93.2 Å². The van der Waals surface area contributed by atoms with E-state index in [1.54, 1.807) is 0 Å². The normalized spacial score (nSPS) is 27.6. The quantitative estimate of drug-likeness (QED) is 0.667. The lowest BCUT2D eigenvalue weighted by atomic mass is 10.1. The molecule has 2 fully saturated rings. The maximum Gasteiger partial charge on any atom is 0.0506 e. The SMILES string of the molecule is C1CCN(CCCOCC2CCNC2)C1. The molecule has 15 heavy (non-hydrogen) atoms. The molecule has 1 N–H and O–H groups in total. The van der Waals surface area contributed by atoms with Gasteiger partial charge in [-0.25, -0.2) is 0 Å². The van der Waals surface area contributed by atoms with Crippen molar-refractivity contribution in [3.63, 3.8) is 0 Å². The van der Waals surface area contributed by atoms with Gasteiger partial charge in [-0.05, 0) is 51.2 Å². The number of hydrogen-bond acceptors (Lipinski definition) is 3. The molecule has 2 aliphatic rings. The van der Waals surface area contributed by atoms with Gasteiger partial charge in [-0.15, -0.1) is 0 Å². The zero-order valence-electron chi connectivity index (χ0n) is 9.71. The van der Waals surface area contributed by atoms with Crippen LogP contribution < -0.4 is 5.32 Å². The molecule has 0 amide bonds. The molecule has 0 aromatic heterocycles. The number of hydrogen-bond donors (Lipinski definition) is 1. The van der Waals surface area contributed by atoms with Crippen LogP contribution in [0.2, 0.25) is 0 Å². The summed E-state index contributed by atoms with van der Waals surface area (Å²) in [7, 11) is 0. The van der Waals surface area contributed by atoms with E-state index in [4.69, 9.17) is 4.74 Å². The lowest BCUT2D eigenvalue weighted by Gasteiger charge is -2.14. The molecule has 0 bridgehead atoms. The van der Waals surface area contributed by atoms with E-state index in [9.17, 15) is 0 Å². The highest BCUT2D eigenvalue weighted by molar-refractivity contribution is 4.70. The van der Waals surface area contributed by atoms with E-state index in [0.29, 0.717) is 0 Å². The summed E-state index contributed by atoms with van der Waals surface area (Å²) < 4.78 is 5.71. The first-order valence-electron chi connectivity index (χ1n) is 6.46. The van der Waals surface area contributed by atoms with Crippen LogP contribution in [-0.4, -0.2) is 50.8 Å². The summed E-state index contributed by atoms with van der Waals surface area (Å²) in [5, 5.41) is 3.37. The third kappa shape index (κ3) is 4.09. The van der Waals surface area contributed by atoms with Gasteiger partial charge in [0.05, 0.1) is 6.61 Å². The molecule has 0 aliphatic carbocycles. The molecule has 0 saturated carbocycles. The number of ether oxygens (including phenoxy) is 1. The maximum absolute atomic E-state index is 5.71. The summed E-state index contributed by atoms with van der Waals surface area (Å²) in [5.41, 5.74) is 0. The van der Waals surface area contributed by atoms with E-state index in [-0.39, 0.29) is 0 Å².